The second kappa shape index (κ2) is 10.5. The number of benzene rings is 1. The van der Waals surface area contributed by atoms with E-state index >= 15 is 0 Å². The zero-order valence-electron chi connectivity index (χ0n) is 16.8. The molecule has 4 heteroatoms. The first kappa shape index (κ1) is 23.3. The van der Waals surface area contributed by atoms with Gasteiger partial charge in [-0.25, -0.2) is 0 Å². The van der Waals surface area contributed by atoms with Crippen molar-refractivity contribution in [3.63, 3.8) is 0 Å². The quantitative estimate of drug-likeness (QED) is 0.549. The first-order valence-corrected chi connectivity index (χ1v) is 12.1. The number of anilines is 1. The van der Waals surface area contributed by atoms with Crippen molar-refractivity contribution < 1.29 is 37.5 Å². The third kappa shape index (κ3) is 5.60. The Balaban J connectivity index is 0.00000312. The van der Waals surface area contributed by atoms with Crippen molar-refractivity contribution in [2.24, 2.45) is 0 Å². The standard InChI is InChI=1S/C21H34NOP.Y/c1-6-11-19(24(7-2)12-9-8-10-13-24)21(23)22-20-17(4)14-16(3)15-18(20)5;/h14-15,19H,6-13H2,1-5H3;/p+1. The molecule has 1 aromatic carbocycles. The van der Waals surface area contributed by atoms with Gasteiger partial charge in [0.25, 0.3) is 5.91 Å². The average Bonchev–Trinajstić information content (AvgIpc) is 2.56. The van der Waals surface area contributed by atoms with Gasteiger partial charge in [0.15, 0.2) is 0 Å². The predicted octanol–water partition coefficient (Wildman–Crippen LogP) is 5.94. The van der Waals surface area contributed by atoms with Crippen molar-refractivity contribution in [1.29, 1.82) is 0 Å². The van der Waals surface area contributed by atoms with E-state index in [4.69, 9.17) is 0 Å². The van der Waals surface area contributed by atoms with Gasteiger partial charge in [0.2, 0.25) is 0 Å². The smallest absolute Gasteiger partial charge is 0.265 e. The predicted molar refractivity (Wildman–Crippen MR) is 109 cm³/mol. The van der Waals surface area contributed by atoms with Crippen LogP contribution in [-0.2, 0) is 37.5 Å². The average molecular weight is 437 g/mol. The van der Waals surface area contributed by atoms with Crippen LogP contribution in [0.5, 0.6) is 0 Å². The minimum Gasteiger partial charge on any atom is -0.322 e. The topological polar surface area (TPSA) is 29.1 Å². The van der Waals surface area contributed by atoms with Gasteiger partial charge < -0.3 is 5.32 Å². The molecule has 0 bridgehead atoms. The third-order valence-electron chi connectivity index (χ3n) is 5.79. The van der Waals surface area contributed by atoms with Crippen molar-refractivity contribution >= 4 is 18.9 Å². The molecule has 1 aliphatic rings. The van der Waals surface area contributed by atoms with E-state index in [1.165, 1.54) is 54.4 Å². The molecule has 2 rings (SSSR count). The summed E-state index contributed by atoms with van der Waals surface area (Å²) in [7, 11) is -1.14. The number of hydrogen-bond donors (Lipinski definition) is 1. The third-order valence-corrected chi connectivity index (χ3v) is 11.3. The Morgan fingerprint density at radius 1 is 1.08 bits per heavy atom. The summed E-state index contributed by atoms with van der Waals surface area (Å²) in [6.07, 6.45) is 10.1. The number of rotatable bonds is 6. The van der Waals surface area contributed by atoms with Gasteiger partial charge in [-0.1, -0.05) is 31.0 Å². The number of carbonyl (C=O) groups is 1. The number of hydrogen-bond acceptors (Lipinski definition) is 1. The molecule has 1 radical (unpaired) electrons. The molecule has 25 heavy (non-hydrogen) atoms. The molecular formula is C21H35NOPY+. The van der Waals surface area contributed by atoms with Crippen LogP contribution in [0.15, 0.2) is 12.1 Å². The van der Waals surface area contributed by atoms with E-state index in [0.717, 1.165) is 18.5 Å². The first-order chi connectivity index (χ1) is 11.4. The molecule has 1 fully saturated rings. The zero-order valence-corrected chi connectivity index (χ0v) is 20.6. The van der Waals surface area contributed by atoms with E-state index < -0.39 is 7.26 Å². The molecule has 137 valence electrons. The molecule has 1 aliphatic heterocycles. The number of amides is 1. The summed E-state index contributed by atoms with van der Waals surface area (Å²) in [6, 6.07) is 4.34. The van der Waals surface area contributed by atoms with E-state index in [0.29, 0.717) is 5.91 Å². The molecule has 1 heterocycles. The van der Waals surface area contributed by atoms with Crippen molar-refractivity contribution in [2.75, 3.05) is 23.8 Å². The van der Waals surface area contributed by atoms with Crippen LogP contribution in [0, 0.1) is 20.8 Å². The maximum atomic E-state index is 13.3. The summed E-state index contributed by atoms with van der Waals surface area (Å²) in [5, 5.41) is 3.34. The van der Waals surface area contributed by atoms with Crippen molar-refractivity contribution in [3.8, 4) is 0 Å². The van der Waals surface area contributed by atoms with E-state index in [-0.39, 0.29) is 38.4 Å². The van der Waals surface area contributed by atoms with Crippen LogP contribution in [-0.4, -0.2) is 30.1 Å². The van der Waals surface area contributed by atoms with Crippen LogP contribution in [0.2, 0.25) is 0 Å². The Morgan fingerprint density at radius 2 is 1.64 bits per heavy atom. The SMILES string of the molecule is CCCC(C(=O)Nc1c(C)cc(C)cc1C)[P+]1(CC)CCCCC1.[Y]. The van der Waals surface area contributed by atoms with Crippen molar-refractivity contribution in [2.45, 2.75) is 72.4 Å². The summed E-state index contributed by atoms with van der Waals surface area (Å²) in [6.45, 7) is 10.9. The molecule has 0 saturated carbocycles. The summed E-state index contributed by atoms with van der Waals surface area (Å²) < 4.78 is 0. The number of aryl methyl sites for hydroxylation is 3. The Hall–Kier alpha value is 0.224. The van der Waals surface area contributed by atoms with Gasteiger partial charge in [0, 0.05) is 45.7 Å². The zero-order chi connectivity index (χ0) is 17.7. The Morgan fingerprint density at radius 3 is 2.12 bits per heavy atom. The summed E-state index contributed by atoms with van der Waals surface area (Å²) in [5.41, 5.74) is 4.93. The molecule has 1 atom stereocenters. The normalized spacial score (nSPS) is 17.5. The van der Waals surface area contributed by atoms with E-state index in [2.05, 4.69) is 52.1 Å². The van der Waals surface area contributed by atoms with Gasteiger partial charge >= 0.3 is 0 Å². The van der Waals surface area contributed by atoms with Gasteiger partial charge in [-0.05, 0) is 64.5 Å². The second-order valence-corrected chi connectivity index (χ2v) is 12.2. The van der Waals surface area contributed by atoms with Gasteiger partial charge in [0.05, 0.1) is 18.5 Å². The molecule has 1 N–H and O–H groups in total. The first-order valence-electron chi connectivity index (χ1n) is 9.68. The fraction of sp³-hybridized carbons (Fsp3) is 0.667. The maximum Gasteiger partial charge on any atom is 0.265 e. The molecule has 1 unspecified atom stereocenters. The van der Waals surface area contributed by atoms with Crippen molar-refractivity contribution in [1.82, 2.24) is 0 Å². The van der Waals surface area contributed by atoms with E-state index in [1.54, 1.807) is 0 Å². The summed E-state index contributed by atoms with van der Waals surface area (Å²) >= 11 is 0. The fourth-order valence-electron chi connectivity index (χ4n) is 4.50. The van der Waals surface area contributed by atoms with E-state index in [1.807, 2.05) is 0 Å². The molecular weight excluding hydrogens is 402 g/mol. The van der Waals surface area contributed by atoms with Crippen LogP contribution in [0.1, 0.15) is 62.6 Å². The van der Waals surface area contributed by atoms with Crippen LogP contribution < -0.4 is 5.32 Å². The molecule has 2 nitrogen and oxygen atoms in total. The molecule has 1 amide bonds. The Kier molecular flexibility index (Phi) is 9.80. The Labute approximate surface area is 180 Å². The van der Waals surface area contributed by atoms with Crippen LogP contribution in [0.3, 0.4) is 0 Å². The van der Waals surface area contributed by atoms with Gasteiger partial charge in [-0.15, -0.1) is 0 Å². The monoisotopic (exact) mass is 437 g/mol. The molecule has 0 aliphatic carbocycles. The molecule has 1 saturated heterocycles. The number of carbonyl (C=O) groups excluding carboxylic acids is 1. The Bertz CT molecular complexity index is 558. The molecule has 0 aromatic heterocycles. The van der Waals surface area contributed by atoms with E-state index in [9.17, 15) is 4.79 Å². The summed E-state index contributed by atoms with van der Waals surface area (Å²) in [4.78, 5) is 13.3. The van der Waals surface area contributed by atoms with Gasteiger partial charge in [-0.3, -0.25) is 4.79 Å². The second-order valence-electron chi connectivity index (χ2n) is 7.61. The molecule has 0 spiro atoms. The largest absolute Gasteiger partial charge is 0.322 e. The van der Waals surface area contributed by atoms with Gasteiger partial charge in [-0.2, -0.15) is 0 Å². The minimum atomic E-state index is -1.14. The summed E-state index contributed by atoms with van der Waals surface area (Å²) in [5.74, 6) is 0.295. The van der Waals surface area contributed by atoms with Gasteiger partial charge in [0.1, 0.15) is 5.66 Å². The van der Waals surface area contributed by atoms with Crippen molar-refractivity contribution in [3.05, 3.63) is 28.8 Å². The van der Waals surface area contributed by atoms with Crippen LogP contribution >= 0.6 is 7.26 Å². The minimum absolute atomic E-state index is 0. The maximum absolute atomic E-state index is 13.3. The van der Waals surface area contributed by atoms with Crippen LogP contribution in [0.25, 0.3) is 0 Å². The fourth-order valence-corrected chi connectivity index (χ4v) is 9.50. The number of nitrogens with one attached hydrogen (secondary N) is 1. The van der Waals surface area contributed by atoms with Crippen LogP contribution in [0.4, 0.5) is 5.69 Å². The molecule has 1 aromatic rings.